The molecule has 0 saturated carbocycles. The molecule has 0 unspecified atom stereocenters. The number of aromatic nitrogens is 2. The summed E-state index contributed by atoms with van der Waals surface area (Å²) >= 11 is 0. The third kappa shape index (κ3) is 1.30. The lowest BCUT2D eigenvalue weighted by Gasteiger charge is -1.97. The molecule has 72 valence electrons. The fraction of sp³-hybridized carbons (Fsp3) is 0. The summed E-state index contributed by atoms with van der Waals surface area (Å²) in [5, 5.41) is 3.24. The summed E-state index contributed by atoms with van der Waals surface area (Å²) in [6.07, 6.45) is 0. The first kappa shape index (κ1) is 8.61. The number of hydrogen-bond donors (Lipinski definition) is 1. The van der Waals surface area contributed by atoms with Gasteiger partial charge >= 0.3 is 5.76 Å². The van der Waals surface area contributed by atoms with Crippen molar-refractivity contribution >= 4 is 0 Å². The number of nitrogens with zero attached hydrogens (tertiary/aromatic N) is 1. The first-order chi connectivity index (χ1) is 6.68. The van der Waals surface area contributed by atoms with E-state index in [-0.39, 0.29) is 11.4 Å². The third-order valence-corrected chi connectivity index (χ3v) is 1.65. The minimum atomic E-state index is -1.07. The topological polar surface area (TPSA) is 58.9 Å². The predicted molar refractivity (Wildman–Crippen MR) is 42.5 cm³/mol. The van der Waals surface area contributed by atoms with Gasteiger partial charge in [0.25, 0.3) is 0 Å². The van der Waals surface area contributed by atoms with Crippen molar-refractivity contribution in [3.05, 3.63) is 40.4 Å². The van der Waals surface area contributed by atoms with Gasteiger partial charge in [0.05, 0.1) is 5.56 Å². The number of benzene rings is 1. The molecule has 0 atom stereocenters. The van der Waals surface area contributed by atoms with E-state index in [0.717, 1.165) is 6.07 Å². The predicted octanol–water partition coefficient (Wildman–Crippen LogP) is 1.31. The largest absolute Gasteiger partial charge is 0.439 e. The highest BCUT2D eigenvalue weighted by Gasteiger charge is 2.12. The Morgan fingerprint density at radius 3 is 2.79 bits per heavy atom. The summed E-state index contributed by atoms with van der Waals surface area (Å²) < 4.78 is 30.0. The van der Waals surface area contributed by atoms with Crippen LogP contribution in [0, 0.1) is 11.6 Å². The summed E-state index contributed by atoms with van der Waals surface area (Å²) in [7, 11) is 0. The van der Waals surface area contributed by atoms with Gasteiger partial charge in [-0.3, -0.25) is 9.51 Å². The number of rotatable bonds is 1. The van der Waals surface area contributed by atoms with E-state index in [4.69, 9.17) is 0 Å². The molecule has 0 amide bonds. The summed E-state index contributed by atoms with van der Waals surface area (Å²) in [6.45, 7) is 0. The summed E-state index contributed by atoms with van der Waals surface area (Å²) in [4.78, 5) is 12.7. The van der Waals surface area contributed by atoms with Crippen LogP contribution in [-0.4, -0.2) is 10.1 Å². The van der Waals surface area contributed by atoms with Gasteiger partial charge in [0.2, 0.25) is 0 Å². The van der Waals surface area contributed by atoms with Crippen molar-refractivity contribution in [2.45, 2.75) is 0 Å². The maximum Gasteiger partial charge on any atom is 0.439 e. The average molecular weight is 198 g/mol. The Balaban J connectivity index is 2.62. The second-order valence-corrected chi connectivity index (χ2v) is 2.55. The lowest BCUT2D eigenvalue weighted by molar-refractivity contribution is 0.387. The van der Waals surface area contributed by atoms with Crippen molar-refractivity contribution in [3.63, 3.8) is 0 Å². The number of nitrogens with one attached hydrogen (secondary N) is 1. The Kier molecular flexibility index (Phi) is 1.88. The van der Waals surface area contributed by atoms with Crippen LogP contribution in [0.4, 0.5) is 8.78 Å². The van der Waals surface area contributed by atoms with E-state index in [1.807, 2.05) is 0 Å². The van der Waals surface area contributed by atoms with Crippen molar-refractivity contribution in [2.24, 2.45) is 0 Å². The monoisotopic (exact) mass is 198 g/mol. The highest BCUT2D eigenvalue weighted by atomic mass is 19.2. The van der Waals surface area contributed by atoms with Crippen molar-refractivity contribution in [1.82, 2.24) is 10.1 Å². The third-order valence-electron chi connectivity index (χ3n) is 1.65. The molecule has 1 heterocycles. The number of halogens is 2. The molecule has 2 aromatic rings. The van der Waals surface area contributed by atoms with Crippen LogP contribution in [0.25, 0.3) is 11.4 Å². The molecule has 0 radical (unpaired) electrons. The molecular formula is C8H4F2N2O2. The Hall–Kier alpha value is -1.98. The van der Waals surface area contributed by atoms with Gasteiger partial charge in [-0.1, -0.05) is 11.2 Å². The number of H-pyrrole nitrogens is 1. The van der Waals surface area contributed by atoms with Gasteiger partial charge in [-0.15, -0.1) is 0 Å². The Labute approximate surface area is 76.2 Å². The maximum atomic E-state index is 13.1. The van der Waals surface area contributed by atoms with Gasteiger partial charge in [0, 0.05) is 0 Å². The Bertz CT molecular complexity index is 518. The molecule has 1 aromatic heterocycles. The molecule has 0 bridgehead atoms. The summed E-state index contributed by atoms with van der Waals surface area (Å²) in [6, 6.07) is 3.56. The van der Waals surface area contributed by atoms with Crippen LogP contribution in [-0.2, 0) is 0 Å². The van der Waals surface area contributed by atoms with Gasteiger partial charge in [-0.05, 0) is 12.1 Å². The molecule has 6 heteroatoms. The zero-order chi connectivity index (χ0) is 10.1. The van der Waals surface area contributed by atoms with Crippen LogP contribution in [0.2, 0.25) is 0 Å². The van der Waals surface area contributed by atoms with E-state index in [1.54, 1.807) is 0 Å². The molecule has 0 aliphatic carbocycles. The summed E-state index contributed by atoms with van der Waals surface area (Å²) in [5.74, 6) is -3.03. The Morgan fingerprint density at radius 1 is 1.36 bits per heavy atom. The normalized spacial score (nSPS) is 10.4. The highest BCUT2D eigenvalue weighted by molar-refractivity contribution is 5.54. The molecule has 0 aliphatic heterocycles. The van der Waals surface area contributed by atoms with Crippen molar-refractivity contribution in [1.29, 1.82) is 0 Å². The first-order valence-corrected chi connectivity index (χ1v) is 3.69. The average Bonchev–Trinajstić information content (AvgIpc) is 2.57. The molecule has 0 saturated heterocycles. The molecule has 4 nitrogen and oxygen atoms in total. The van der Waals surface area contributed by atoms with Crippen LogP contribution < -0.4 is 5.76 Å². The molecule has 0 fully saturated rings. The number of hydrogen-bond acceptors (Lipinski definition) is 3. The minimum Gasteiger partial charge on any atom is -0.296 e. The van der Waals surface area contributed by atoms with Crippen LogP contribution in [0.15, 0.2) is 27.5 Å². The molecule has 0 spiro atoms. The molecule has 2 rings (SSSR count). The second-order valence-electron chi connectivity index (χ2n) is 2.55. The quantitative estimate of drug-likeness (QED) is 0.751. The smallest absolute Gasteiger partial charge is 0.296 e. The molecular weight excluding hydrogens is 194 g/mol. The van der Waals surface area contributed by atoms with Gasteiger partial charge in [-0.2, -0.15) is 0 Å². The van der Waals surface area contributed by atoms with E-state index >= 15 is 0 Å². The molecule has 14 heavy (non-hydrogen) atoms. The highest BCUT2D eigenvalue weighted by Crippen LogP contribution is 2.19. The van der Waals surface area contributed by atoms with Gasteiger partial charge in [0.1, 0.15) is 0 Å². The van der Waals surface area contributed by atoms with Gasteiger partial charge in [0.15, 0.2) is 17.5 Å². The van der Waals surface area contributed by atoms with Crippen molar-refractivity contribution < 1.29 is 13.3 Å². The molecule has 1 N–H and O–H groups in total. The van der Waals surface area contributed by atoms with E-state index < -0.39 is 17.4 Å². The van der Waals surface area contributed by atoms with Crippen LogP contribution in [0.1, 0.15) is 0 Å². The zero-order valence-corrected chi connectivity index (χ0v) is 6.75. The zero-order valence-electron chi connectivity index (χ0n) is 6.75. The van der Waals surface area contributed by atoms with Crippen molar-refractivity contribution in [3.8, 4) is 11.4 Å². The fourth-order valence-corrected chi connectivity index (χ4v) is 1.03. The van der Waals surface area contributed by atoms with Gasteiger partial charge in [-0.25, -0.2) is 13.6 Å². The van der Waals surface area contributed by atoms with Crippen LogP contribution in [0.5, 0.6) is 0 Å². The summed E-state index contributed by atoms with van der Waals surface area (Å²) in [5.41, 5.74) is -0.143. The van der Waals surface area contributed by atoms with Crippen molar-refractivity contribution in [2.75, 3.05) is 0 Å². The maximum absolute atomic E-state index is 13.1. The molecule has 0 aliphatic rings. The van der Waals surface area contributed by atoms with E-state index in [0.29, 0.717) is 0 Å². The van der Waals surface area contributed by atoms with Crippen LogP contribution in [0.3, 0.4) is 0 Å². The lowest BCUT2D eigenvalue weighted by Crippen LogP contribution is -1.96. The van der Waals surface area contributed by atoms with Crippen LogP contribution >= 0.6 is 0 Å². The SMILES string of the molecule is O=c1[nH]c(-c2cccc(F)c2F)no1. The Morgan fingerprint density at radius 2 is 2.14 bits per heavy atom. The van der Waals surface area contributed by atoms with E-state index in [1.165, 1.54) is 12.1 Å². The number of aromatic amines is 1. The van der Waals surface area contributed by atoms with E-state index in [2.05, 4.69) is 14.7 Å². The first-order valence-electron chi connectivity index (χ1n) is 3.69. The molecule has 1 aromatic carbocycles. The minimum absolute atomic E-state index is 0.132. The van der Waals surface area contributed by atoms with E-state index in [9.17, 15) is 13.6 Å². The van der Waals surface area contributed by atoms with Gasteiger partial charge < -0.3 is 0 Å². The fourth-order valence-electron chi connectivity index (χ4n) is 1.03. The second kappa shape index (κ2) is 3.06. The lowest BCUT2D eigenvalue weighted by atomic mass is 10.2. The standard InChI is InChI=1S/C8H4F2N2O2/c9-5-3-1-2-4(6(5)10)7-11-8(13)14-12-7/h1-3H,(H,11,12,13).